The molecule has 3 aromatic rings. The van der Waals surface area contributed by atoms with E-state index < -0.39 is 5.91 Å². The molecular formula is C18H15N3O3. The topological polar surface area (TPSA) is 76.7 Å². The van der Waals surface area contributed by atoms with Crippen molar-refractivity contribution >= 4 is 12.1 Å². The van der Waals surface area contributed by atoms with Crippen LogP contribution in [0.3, 0.4) is 0 Å². The molecule has 0 saturated carbocycles. The minimum atomic E-state index is -0.430. The van der Waals surface area contributed by atoms with Gasteiger partial charge in [-0.25, -0.2) is 5.43 Å². The highest BCUT2D eigenvalue weighted by molar-refractivity contribution is 5.92. The number of hydrogen-bond donors (Lipinski definition) is 1. The predicted molar refractivity (Wildman–Crippen MR) is 88.8 cm³/mol. The van der Waals surface area contributed by atoms with Crippen LogP contribution in [0.15, 0.2) is 76.5 Å². The Kier molecular flexibility index (Phi) is 4.99. The predicted octanol–water partition coefficient (Wildman–Crippen LogP) is 3.02. The number of hydrazone groups is 1. The van der Waals surface area contributed by atoms with Gasteiger partial charge in [0.15, 0.2) is 5.76 Å². The van der Waals surface area contributed by atoms with Gasteiger partial charge in [-0.3, -0.25) is 9.78 Å². The van der Waals surface area contributed by atoms with Crippen molar-refractivity contribution in [2.45, 2.75) is 6.61 Å². The monoisotopic (exact) mass is 321 g/mol. The number of hydrogen-bond acceptors (Lipinski definition) is 5. The number of pyridine rings is 1. The molecule has 0 atom stereocenters. The third-order valence-electron chi connectivity index (χ3n) is 3.07. The number of carbonyl (C=O) groups is 1. The number of furan rings is 1. The Morgan fingerprint density at radius 1 is 1.17 bits per heavy atom. The van der Waals surface area contributed by atoms with E-state index in [2.05, 4.69) is 15.5 Å². The van der Waals surface area contributed by atoms with Gasteiger partial charge in [-0.05, 0) is 30.3 Å². The summed E-state index contributed by atoms with van der Waals surface area (Å²) in [4.78, 5) is 15.9. The van der Waals surface area contributed by atoms with Crippen LogP contribution in [0.5, 0.6) is 5.75 Å². The maximum atomic E-state index is 11.9. The quantitative estimate of drug-likeness (QED) is 0.559. The Bertz CT molecular complexity index is 814. The lowest BCUT2D eigenvalue weighted by atomic mass is 10.3. The summed E-state index contributed by atoms with van der Waals surface area (Å²) in [5.74, 6) is 1.03. The average Bonchev–Trinajstić information content (AvgIpc) is 3.11. The highest BCUT2D eigenvalue weighted by atomic mass is 16.5. The third-order valence-corrected chi connectivity index (χ3v) is 3.07. The summed E-state index contributed by atoms with van der Waals surface area (Å²) in [6.45, 7) is 0.246. The van der Waals surface area contributed by atoms with Gasteiger partial charge in [0.1, 0.15) is 18.1 Å². The Balaban J connectivity index is 1.53. The van der Waals surface area contributed by atoms with Crippen LogP contribution in [0.25, 0.3) is 0 Å². The summed E-state index contributed by atoms with van der Waals surface area (Å²) >= 11 is 0. The van der Waals surface area contributed by atoms with Crippen molar-refractivity contribution in [3.8, 4) is 5.75 Å². The third kappa shape index (κ3) is 4.30. The molecule has 120 valence electrons. The van der Waals surface area contributed by atoms with E-state index in [1.807, 2.05) is 36.4 Å². The van der Waals surface area contributed by atoms with Crippen LogP contribution in [0.1, 0.15) is 21.9 Å². The Morgan fingerprint density at radius 3 is 2.83 bits per heavy atom. The van der Waals surface area contributed by atoms with Crippen LogP contribution in [0.4, 0.5) is 0 Å². The maximum absolute atomic E-state index is 11.9. The van der Waals surface area contributed by atoms with Gasteiger partial charge >= 0.3 is 5.91 Å². The van der Waals surface area contributed by atoms with Crippen LogP contribution in [-0.2, 0) is 6.61 Å². The molecule has 2 aromatic heterocycles. The number of nitrogens with zero attached hydrogens (tertiary/aromatic N) is 2. The molecule has 6 heteroatoms. The van der Waals surface area contributed by atoms with E-state index in [1.165, 1.54) is 6.21 Å². The van der Waals surface area contributed by atoms with Crippen LogP contribution < -0.4 is 10.2 Å². The number of aromatic nitrogens is 1. The summed E-state index contributed by atoms with van der Waals surface area (Å²) in [6, 6.07) is 16.3. The Morgan fingerprint density at radius 2 is 2.04 bits per heavy atom. The van der Waals surface area contributed by atoms with Crippen LogP contribution in [0.2, 0.25) is 0 Å². The first kappa shape index (κ1) is 15.5. The number of rotatable bonds is 6. The standard InChI is InChI=1S/C18H15N3O3/c22-18(21-20-12-14-5-4-10-19-11-14)17-9-8-16(24-17)13-23-15-6-2-1-3-7-15/h1-12H,13H2,(H,21,22)/b20-12-. The lowest BCUT2D eigenvalue weighted by molar-refractivity contribution is 0.0923. The molecule has 0 aliphatic rings. The number of ether oxygens (including phenoxy) is 1. The number of carbonyl (C=O) groups excluding carboxylic acids is 1. The smallest absolute Gasteiger partial charge is 0.307 e. The van der Waals surface area contributed by atoms with Gasteiger partial charge in [-0.1, -0.05) is 24.3 Å². The molecule has 0 fully saturated rings. The van der Waals surface area contributed by atoms with E-state index >= 15 is 0 Å². The van der Waals surface area contributed by atoms with Crippen molar-refractivity contribution in [1.29, 1.82) is 0 Å². The fourth-order valence-corrected chi connectivity index (χ4v) is 1.92. The zero-order chi connectivity index (χ0) is 16.6. The molecule has 0 unspecified atom stereocenters. The van der Waals surface area contributed by atoms with Gasteiger partial charge in [-0.15, -0.1) is 0 Å². The maximum Gasteiger partial charge on any atom is 0.307 e. The summed E-state index contributed by atoms with van der Waals surface area (Å²) in [6.07, 6.45) is 4.81. The van der Waals surface area contributed by atoms with Gasteiger partial charge in [0.25, 0.3) is 0 Å². The minimum absolute atomic E-state index is 0.171. The van der Waals surface area contributed by atoms with E-state index in [4.69, 9.17) is 9.15 Å². The van der Waals surface area contributed by atoms with E-state index in [0.29, 0.717) is 5.76 Å². The zero-order valence-corrected chi connectivity index (χ0v) is 12.8. The minimum Gasteiger partial charge on any atom is -0.486 e. The van der Waals surface area contributed by atoms with Crippen molar-refractivity contribution in [2.24, 2.45) is 5.10 Å². The van der Waals surface area contributed by atoms with Crippen molar-refractivity contribution in [3.63, 3.8) is 0 Å². The number of para-hydroxylation sites is 1. The van der Waals surface area contributed by atoms with Crippen LogP contribution >= 0.6 is 0 Å². The Labute approximate surface area is 138 Å². The normalized spacial score (nSPS) is 10.7. The lowest BCUT2D eigenvalue weighted by Crippen LogP contribution is -2.16. The molecule has 1 amide bonds. The second kappa shape index (κ2) is 7.73. The summed E-state index contributed by atoms with van der Waals surface area (Å²) in [5, 5.41) is 3.86. The Hall–Kier alpha value is -3.41. The molecule has 1 aromatic carbocycles. The van der Waals surface area contributed by atoms with E-state index in [0.717, 1.165) is 11.3 Å². The van der Waals surface area contributed by atoms with E-state index in [-0.39, 0.29) is 12.4 Å². The molecule has 0 saturated heterocycles. The SMILES string of the molecule is O=C(N/N=C\c1cccnc1)c1ccc(COc2ccccc2)o1. The van der Waals surface area contributed by atoms with Crippen molar-refractivity contribution in [2.75, 3.05) is 0 Å². The summed E-state index contributed by atoms with van der Waals surface area (Å²) in [5.41, 5.74) is 3.19. The molecule has 1 N–H and O–H groups in total. The molecule has 2 heterocycles. The van der Waals surface area contributed by atoms with Gasteiger partial charge < -0.3 is 9.15 Å². The lowest BCUT2D eigenvalue weighted by Gasteiger charge is -2.03. The fraction of sp³-hybridized carbons (Fsp3) is 0.0556. The zero-order valence-electron chi connectivity index (χ0n) is 12.8. The first-order valence-corrected chi connectivity index (χ1v) is 7.31. The highest BCUT2D eigenvalue weighted by Gasteiger charge is 2.10. The molecule has 0 aliphatic carbocycles. The van der Waals surface area contributed by atoms with Gasteiger partial charge in [0.2, 0.25) is 0 Å². The molecule has 6 nitrogen and oxygen atoms in total. The molecule has 0 aliphatic heterocycles. The first-order valence-electron chi connectivity index (χ1n) is 7.31. The number of nitrogens with one attached hydrogen (secondary N) is 1. The summed E-state index contributed by atoms with van der Waals surface area (Å²) in [7, 11) is 0. The molecule has 3 rings (SSSR count). The molecule has 24 heavy (non-hydrogen) atoms. The first-order chi connectivity index (χ1) is 11.8. The molecule has 0 bridgehead atoms. The van der Waals surface area contributed by atoms with Gasteiger partial charge in [0, 0.05) is 18.0 Å². The van der Waals surface area contributed by atoms with Crippen molar-refractivity contribution in [1.82, 2.24) is 10.4 Å². The molecular weight excluding hydrogens is 306 g/mol. The second-order valence-corrected chi connectivity index (χ2v) is 4.85. The van der Waals surface area contributed by atoms with Crippen LogP contribution in [0, 0.1) is 0 Å². The van der Waals surface area contributed by atoms with Gasteiger partial charge in [0.05, 0.1) is 6.21 Å². The molecule has 0 spiro atoms. The van der Waals surface area contributed by atoms with Crippen molar-refractivity contribution in [3.05, 3.63) is 84.1 Å². The van der Waals surface area contributed by atoms with E-state index in [9.17, 15) is 4.79 Å². The highest BCUT2D eigenvalue weighted by Crippen LogP contribution is 2.13. The number of benzene rings is 1. The van der Waals surface area contributed by atoms with Crippen molar-refractivity contribution < 1.29 is 13.9 Å². The van der Waals surface area contributed by atoms with Gasteiger partial charge in [-0.2, -0.15) is 5.10 Å². The molecule has 0 radical (unpaired) electrons. The average molecular weight is 321 g/mol. The number of amides is 1. The second-order valence-electron chi connectivity index (χ2n) is 4.85. The van der Waals surface area contributed by atoms with Crippen LogP contribution in [-0.4, -0.2) is 17.1 Å². The van der Waals surface area contributed by atoms with E-state index in [1.54, 1.807) is 30.6 Å². The largest absolute Gasteiger partial charge is 0.486 e. The summed E-state index contributed by atoms with van der Waals surface area (Å²) < 4.78 is 11.0. The fourth-order valence-electron chi connectivity index (χ4n) is 1.92.